The van der Waals surface area contributed by atoms with Crippen molar-refractivity contribution in [2.24, 2.45) is 0 Å². The van der Waals surface area contributed by atoms with E-state index >= 15 is 0 Å². The highest BCUT2D eigenvalue weighted by Gasteiger charge is 2.22. The van der Waals surface area contributed by atoms with Gasteiger partial charge in [0.2, 0.25) is 0 Å². The number of hydrogen-bond acceptors (Lipinski definition) is 3. The van der Waals surface area contributed by atoms with Crippen molar-refractivity contribution in [1.29, 1.82) is 0 Å². The van der Waals surface area contributed by atoms with Gasteiger partial charge in [0.1, 0.15) is 5.75 Å². The minimum atomic E-state index is -1.12. The monoisotopic (exact) mass is 390 g/mol. The Balaban J connectivity index is 2.23. The highest BCUT2D eigenvalue weighted by atomic mass is 35.5. The van der Waals surface area contributed by atoms with Gasteiger partial charge in [0.25, 0.3) is 0 Å². The molecule has 0 saturated heterocycles. The van der Waals surface area contributed by atoms with Crippen LogP contribution in [0.15, 0.2) is 54.6 Å². The molecule has 0 fully saturated rings. The fourth-order valence-electron chi connectivity index (χ4n) is 2.63. The molecule has 2 aromatic carbocycles. The summed E-state index contributed by atoms with van der Waals surface area (Å²) in [7, 11) is 0. The summed E-state index contributed by atoms with van der Waals surface area (Å²) in [5.74, 6) is 0.414. The maximum absolute atomic E-state index is 12.7. The van der Waals surface area contributed by atoms with Crippen molar-refractivity contribution in [2.45, 2.75) is 26.3 Å². The number of rotatable bonds is 7. The van der Waals surface area contributed by atoms with Gasteiger partial charge in [-0.1, -0.05) is 31.2 Å². The zero-order valence-electron chi connectivity index (χ0n) is 15.3. The molecule has 2 amide bonds. The summed E-state index contributed by atoms with van der Waals surface area (Å²) in [6, 6.07) is 15.2. The van der Waals surface area contributed by atoms with Crippen LogP contribution in [0.3, 0.4) is 0 Å². The van der Waals surface area contributed by atoms with Gasteiger partial charge in [0.15, 0.2) is 0 Å². The van der Waals surface area contributed by atoms with E-state index in [0.29, 0.717) is 12.2 Å². The summed E-state index contributed by atoms with van der Waals surface area (Å²) in [5, 5.41) is 9.46. The van der Waals surface area contributed by atoms with E-state index in [4.69, 9.17) is 16.3 Å². The molecule has 0 saturated carbocycles. The smallest absolute Gasteiger partial charge is 0.419 e. The van der Waals surface area contributed by atoms with Crippen molar-refractivity contribution in [3.8, 4) is 5.75 Å². The van der Waals surface area contributed by atoms with E-state index in [0.717, 1.165) is 17.0 Å². The number of carbonyl (C=O) groups excluding carboxylic acids is 1. The van der Waals surface area contributed by atoms with Crippen LogP contribution in [0.2, 0.25) is 0 Å². The van der Waals surface area contributed by atoms with Crippen LogP contribution in [0.4, 0.5) is 21.0 Å². The molecule has 0 spiro atoms. The topological polar surface area (TPSA) is 70.1 Å². The molecule has 1 N–H and O–H groups in total. The van der Waals surface area contributed by atoms with Crippen molar-refractivity contribution >= 4 is 35.2 Å². The fourth-order valence-corrected chi connectivity index (χ4v) is 2.77. The van der Waals surface area contributed by atoms with Gasteiger partial charge in [-0.3, -0.25) is 9.80 Å². The van der Waals surface area contributed by atoms with Crippen LogP contribution in [0.1, 0.15) is 20.3 Å². The summed E-state index contributed by atoms with van der Waals surface area (Å²) in [6.07, 6.45) is -0.875. The zero-order chi connectivity index (χ0) is 19.8. The standard InChI is InChI=1S/C20H23ClN2O4/c1-3-12-22(16-8-5-4-6-9-16)20(26)27-18-11-7-10-17(13-18)23(19(24)25)15(2)14-21/h4-11,13,15H,3,12,14H2,1-2H3,(H,24,25). The van der Waals surface area contributed by atoms with Crippen molar-refractivity contribution in [3.63, 3.8) is 0 Å². The van der Waals surface area contributed by atoms with Crippen molar-refractivity contribution in [3.05, 3.63) is 54.6 Å². The van der Waals surface area contributed by atoms with Crippen LogP contribution in [0, 0.1) is 0 Å². The summed E-state index contributed by atoms with van der Waals surface area (Å²) < 4.78 is 5.50. The summed E-state index contributed by atoms with van der Waals surface area (Å²) >= 11 is 5.81. The van der Waals surface area contributed by atoms with E-state index in [1.165, 1.54) is 6.07 Å². The fraction of sp³-hybridized carbons (Fsp3) is 0.300. The van der Waals surface area contributed by atoms with Gasteiger partial charge in [-0.25, -0.2) is 9.59 Å². The van der Waals surface area contributed by atoms with Gasteiger partial charge in [0, 0.05) is 24.2 Å². The highest BCUT2D eigenvalue weighted by Crippen LogP contribution is 2.25. The Morgan fingerprint density at radius 2 is 1.78 bits per heavy atom. The largest absolute Gasteiger partial charge is 0.465 e. The predicted molar refractivity (Wildman–Crippen MR) is 107 cm³/mol. The molecule has 0 aliphatic heterocycles. The number of halogens is 1. The lowest BCUT2D eigenvalue weighted by Gasteiger charge is -2.25. The number of para-hydroxylation sites is 1. The molecule has 144 valence electrons. The number of nitrogens with zero attached hydrogens (tertiary/aromatic N) is 2. The molecular formula is C20H23ClN2O4. The van der Waals surface area contributed by atoms with E-state index in [2.05, 4.69) is 0 Å². The third kappa shape index (κ3) is 5.37. The molecule has 1 unspecified atom stereocenters. The third-order valence-corrected chi connectivity index (χ3v) is 4.35. The Morgan fingerprint density at radius 1 is 1.11 bits per heavy atom. The van der Waals surface area contributed by atoms with E-state index in [1.807, 2.05) is 37.3 Å². The number of carbonyl (C=O) groups is 2. The molecule has 0 aliphatic carbocycles. The summed E-state index contributed by atoms with van der Waals surface area (Å²) in [6.45, 7) is 4.19. The number of carboxylic acid groups (broad SMARTS) is 1. The lowest BCUT2D eigenvalue weighted by Crippen LogP contribution is -2.39. The SMILES string of the molecule is CCCN(C(=O)Oc1cccc(N(C(=O)O)C(C)CCl)c1)c1ccccc1. The molecule has 0 heterocycles. The highest BCUT2D eigenvalue weighted by molar-refractivity contribution is 6.18. The van der Waals surface area contributed by atoms with Gasteiger partial charge in [-0.15, -0.1) is 11.6 Å². The second kappa shape index (κ2) is 9.83. The van der Waals surface area contributed by atoms with E-state index in [1.54, 1.807) is 30.0 Å². The predicted octanol–water partition coefficient (Wildman–Crippen LogP) is 5.21. The van der Waals surface area contributed by atoms with Crippen molar-refractivity contribution in [1.82, 2.24) is 0 Å². The van der Waals surface area contributed by atoms with Gasteiger partial charge >= 0.3 is 12.2 Å². The summed E-state index contributed by atoms with van der Waals surface area (Å²) in [5.41, 5.74) is 1.13. The van der Waals surface area contributed by atoms with Crippen LogP contribution in [-0.4, -0.2) is 35.8 Å². The quantitative estimate of drug-likeness (QED) is 0.658. The molecule has 27 heavy (non-hydrogen) atoms. The van der Waals surface area contributed by atoms with Crippen molar-refractivity contribution in [2.75, 3.05) is 22.2 Å². The Labute approximate surface area is 163 Å². The van der Waals surface area contributed by atoms with Gasteiger partial charge in [-0.05, 0) is 37.6 Å². The normalized spacial score (nSPS) is 11.5. The first-order valence-corrected chi connectivity index (χ1v) is 9.24. The maximum Gasteiger partial charge on any atom is 0.419 e. The lowest BCUT2D eigenvalue weighted by atomic mass is 10.2. The van der Waals surface area contributed by atoms with Crippen LogP contribution < -0.4 is 14.5 Å². The molecule has 2 rings (SSSR count). The minimum absolute atomic E-state index is 0.147. The number of ether oxygens (including phenoxy) is 1. The Hall–Kier alpha value is -2.73. The first-order valence-electron chi connectivity index (χ1n) is 8.70. The van der Waals surface area contributed by atoms with Crippen LogP contribution >= 0.6 is 11.6 Å². The third-order valence-electron chi connectivity index (χ3n) is 3.91. The average Bonchev–Trinajstić information content (AvgIpc) is 2.66. The Kier molecular flexibility index (Phi) is 7.49. The zero-order valence-corrected chi connectivity index (χ0v) is 16.1. The van der Waals surface area contributed by atoms with Gasteiger partial charge in [-0.2, -0.15) is 0 Å². The summed E-state index contributed by atoms with van der Waals surface area (Å²) in [4.78, 5) is 26.9. The van der Waals surface area contributed by atoms with E-state index in [9.17, 15) is 14.7 Å². The van der Waals surface area contributed by atoms with Crippen molar-refractivity contribution < 1.29 is 19.4 Å². The van der Waals surface area contributed by atoms with Crippen LogP contribution in [0.25, 0.3) is 0 Å². The minimum Gasteiger partial charge on any atom is -0.465 e. The second-order valence-electron chi connectivity index (χ2n) is 6.01. The number of anilines is 2. The Bertz CT molecular complexity index is 770. The molecule has 6 nitrogen and oxygen atoms in total. The van der Waals surface area contributed by atoms with E-state index in [-0.39, 0.29) is 11.6 Å². The molecule has 7 heteroatoms. The van der Waals surface area contributed by atoms with Gasteiger partial charge in [0.05, 0.1) is 11.7 Å². The first kappa shape index (κ1) is 20.6. The Morgan fingerprint density at radius 3 is 2.37 bits per heavy atom. The molecule has 1 atom stereocenters. The number of benzene rings is 2. The van der Waals surface area contributed by atoms with Crippen LogP contribution in [0.5, 0.6) is 5.75 Å². The maximum atomic E-state index is 12.7. The second-order valence-corrected chi connectivity index (χ2v) is 6.32. The number of amides is 2. The van der Waals surface area contributed by atoms with Gasteiger partial charge < -0.3 is 9.84 Å². The molecule has 2 aromatic rings. The molecule has 0 aliphatic rings. The number of alkyl halides is 1. The molecular weight excluding hydrogens is 368 g/mol. The van der Waals surface area contributed by atoms with E-state index < -0.39 is 18.2 Å². The molecule has 0 bridgehead atoms. The lowest BCUT2D eigenvalue weighted by molar-refractivity contribution is 0.200. The molecule has 0 radical (unpaired) electrons. The first-order chi connectivity index (χ1) is 13.0. The van der Waals surface area contributed by atoms with Crippen LogP contribution in [-0.2, 0) is 0 Å². The number of hydrogen-bond donors (Lipinski definition) is 1. The molecule has 0 aromatic heterocycles. The average molecular weight is 391 g/mol.